The van der Waals surface area contributed by atoms with Crippen LogP contribution in [-0.2, 0) is 6.42 Å². The Kier molecular flexibility index (Phi) is 3.24. The highest BCUT2D eigenvalue weighted by molar-refractivity contribution is 6.31. The normalized spacial score (nSPS) is 16.6. The second-order valence-electron chi connectivity index (χ2n) is 4.75. The predicted octanol–water partition coefficient (Wildman–Crippen LogP) is 2.84. The Morgan fingerprint density at radius 3 is 2.95 bits per heavy atom. The first-order valence-corrected chi connectivity index (χ1v) is 6.47. The van der Waals surface area contributed by atoms with Gasteiger partial charge in [-0.15, -0.1) is 0 Å². The summed E-state index contributed by atoms with van der Waals surface area (Å²) in [7, 11) is 0. The van der Waals surface area contributed by atoms with Crippen molar-refractivity contribution in [1.29, 1.82) is 0 Å². The molecule has 2 aromatic rings. The van der Waals surface area contributed by atoms with Crippen molar-refractivity contribution in [1.82, 2.24) is 10.1 Å². The lowest BCUT2D eigenvalue weighted by Crippen LogP contribution is -2.12. The van der Waals surface area contributed by atoms with Gasteiger partial charge in [0.15, 0.2) is 0 Å². The van der Waals surface area contributed by atoms with Crippen LogP contribution in [0.2, 0.25) is 5.02 Å². The van der Waals surface area contributed by atoms with Crippen LogP contribution in [0.15, 0.2) is 22.7 Å². The third kappa shape index (κ3) is 2.77. The van der Waals surface area contributed by atoms with Gasteiger partial charge in [0.25, 0.3) is 0 Å². The first-order chi connectivity index (χ1) is 9.13. The molecule has 6 heteroatoms. The maximum Gasteiger partial charge on any atom is 0.229 e. The van der Waals surface area contributed by atoms with Gasteiger partial charge in [-0.25, -0.2) is 4.39 Å². The van der Waals surface area contributed by atoms with Gasteiger partial charge in [0.1, 0.15) is 5.82 Å². The highest BCUT2D eigenvalue weighted by Gasteiger charge is 2.31. The summed E-state index contributed by atoms with van der Waals surface area (Å²) < 4.78 is 18.1. The SMILES string of the molecule is OC(Cc1nc(-c2ccc(F)c(Cl)c2)no1)C1CC1. The van der Waals surface area contributed by atoms with Crippen molar-refractivity contribution in [2.24, 2.45) is 5.92 Å². The van der Waals surface area contributed by atoms with Crippen LogP contribution >= 0.6 is 11.6 Å². The molecular formula is C13H12ClFN2O2. The number of aliphatic hydroxyl groups is 1. The number of halogens is 2. The van der Waals surface area contributed by atoms with E-state index in [1.54, 1.807) is 0 Å². The fourth-order valence-corrected chi connectivity index (χ4v) is 2.10. The lowest BCUT2D eigenvalue weighted by atomic mass is 10.1. The summed E-state index contributed by atoms with van der Waals surface area (Å²) in [4.78, 5) is 4.18. The van der Waals surface area contributed by atoms with Crippen molar-refractivity contribution in [3.05, 3.63) is 34.9 Å². The first-order valence-electron chi connectivity index (χ1n) is 6.09. The van der Waals surface area contributed by atoms with E-state index in [9.17, 15) is 9.50 Å². The van der Waals surface area contributed by atoms with Crippen LogP contribution in [0, 0.1) is 11.7 Å². The van der Waals surface area contributed by atoms with E-state index in [1.165, 1.54) is 18.2 Å². The van der Waals surface area contributed by atoms with Gasteiger partial charge in [-0.05, 0) is 37.0 Å². The Bertz CT molecular complexity index is 598. The van der Waals surface area contributed by atoms with Crippen molar-refractivity contribution in [3.63, 3.8) is 0 Å². The molecule has 4 nitrogen and oxygen atoms in total. The van der Waals surface area contributed by atoms with Gasteiger partial charge >= 0.3 is 0 Å². The summed E-state index contributed by atoms with van der Waals surface area (Å²) in [5, 5.41) is 13.6. The van der Waals surface area contributed by atoms with E-state index in [2.05, 4.69) is 10.1 Å². The van der Waals surface area contributed by atoms with E-state index < -0.39 is 11.9 Å². The average Bonchev–Trinajstić information content (AvgIpc) is 3.14. The average molecular weight is 283 g/mol. The van der Waals surface area contributed by atoms with Crippen LogP contribution < -0.4 is 0 Å². The van der Waals surface area contributed by atoms with Gasteiger partial charge in [-0.1, -0.05) is 16.8 Å². The minimum atomic E-state index is -0.488. The van der Waals surface area contributed by atoms with Crippen LogP contribution in [0.1, 0.15) is 18.7 Å². The van der Waals surface area contributed by atoms with Crippen LogP contribution in [0.4, 0.5) is 4.39 Å². The van der Waals surface area contributed by atoms with E-state index in [0.29, 0.717) is 29.6 Å². The third-order valence-electron chi connectivity index (χ3n) is 3.20. The molecule has 0 aliphatic heterocycles. The zero-order chi connectivity index (χ0) is 13.4. The highest BCUT2D eigenvalue weighted by atomic mass is 35.5. The smallest absolute Gasteiger partial charge is 0.229 e. The maximum absolute atomic E-state index is 13.1. The summed E-state index contributed by atoms with van der Waals surface area (Å²) in [5.74, 6) is 0.601. The largest absolute Gasteiger partial charge is 0.392 e. The summed E-state index contributed by atoms with van der Waals surface area (Å²) in [6, 6.07) is 4.24. The van der Waals surface area contributed by atoms with E-state index in [4.69, 9.17) is 16.1 Å². The van der Waals surface area contributed by atoms with Crippen LogP contribution in [-0.4, -0.2) is 21.4 Å². The second-order valence-corrected chi connectivity index (χ2v) is 5.16. The monoisotopic (exact) mass is 282 g/mol. The van der Waals surface area contributed by atoms with Crippen molar-refractivity contribution in [2.75, 3.05) is 0 Å². The molecule has 0 bridgehead atoms. The molecule has 100 valence electrons. The highest BCUT2D eigenvalue weighted by Crippen LogP contribution is 2.34. The number of rotatable bonds is 4. The van der Waals surface area contributed by atoms with Crippen molar-refractivity contribution in [3.8, 4) is 11.4 Å². The molecule has 0 amide bonds. The number of benzene rings is 1. The fraction of sp³-hybridized carbons (Fsp3) is 0.385. The van der Waals surface area contributed by atoms with Crippen LogP contribution in [0.3, 0.4) is 0 Å². The zero-order valence-electron chi connectivity index (χ0n) is 10.0. The molecule has 3 rings (SSSR count). The number of aromatic nitrogens is 2. The molecule has 1 aliphatic carbocycles. The quantitative estimate of drug-likeness (QED) is 0.937. The Labute approximate surface area is 114 Å². The topological polar surface area (TPSA) is 59.2 Å². The summed E-state index contributed by atoms with van der Waals surface area (Å²) in [5.41, 5.74) is 0.585. The van der Waals surface area contributed by atoms with Gasteiger partial charge in [0, 0.05) is 5.56 Å². The molecule has 1 aliphatic rings. The molecule has 1 fully saturated rings. The molecule has 0 spiro atoms. The van der Waals surface area contributed by atoms with E-state index >= 15 is 0 Å². The van der Waals surface area contributed by atoms with E-state index in [-0.39, 0.29) is 5.02 Å². The fourth-order valence-electron chi connectivity index (χ4n) is 1.92. The maximum atomic E-state index is 13.1. The Balaban J connectivity index is 1.77. The third-order valence-corrected chi connectivity index (χ3v) is 3.49. The Hall–Kier alpha value is -1.46. The lowest BCUT2D eigenvalue weighted by Gasteiger charge is -2.03. The molecule has 1 heterocycles. The van der Waals surface area contributed by atoms with Crippen molar-refractivity contribution >= 4 is 11.6 Å². The molecule has 1 unspecified atom stereocenters. The molecule has 1 aromatic carbocycles. The van der Waals surface area contributed by atoms with E-state index in [1.807, 2.05) is 0 Å². The minimum absolute atomic E-state index is 0.0156. The van der Waals surface area contributed by atoms with Gasteiger partial charge < -0.3 is 9.63 Å². The van der Waals surface area contributed by atoms with Gasteiger partial charge in [0.05, 0.1) is 17.5 Å². The number of nitrogens with zero attached hydrogens (tertiary/aromatic N) is 2. The van der Waals surface area contributed by atoms with Crippen LogP contribution in [0.25, 0.3) is 11.4 Å². The summed E-state index contributed by atoms with van der Waals surface area (Å²) >= 11 is 5.70. The minimum Gasteiger partial charge on any atom is -0.392 e. The molecule has 0 saturated heterocycles. The first kappa shape index (κ1) is 12.6. The molecule has 0 radical (unpaired) electrons. The molecular weight excluding hydrogens is 271 g/mol. The number of aliphatic hydroxyl groups excluding tert-OH is 1. The Morgan fingerprint density at radius 1 is 1.47 bits per heavy atom. The van der Waals surface area contributed by atoms with Crippen molar-refractivity contribution in [2.45, 2.75) is 25.4 Å². The summed E-state index contributed by atoms with van der Waals surface area (Å²) in [6.07, 6.45) is 2.03. The van der Waals surface area contributed by atoms with E-state index in [0.717, 1.165) is 12.8 Å². The lowest BCUT2D eigenvalue weighted by molar-refractivity contribution is 0.140. The second kappa shape index (κ2) is 4.90. The molecule has 1 aromatic heterocycles. The Morgan fingerprint density at radius 2 is 2.26 bits per heavy atom. The van der Waals surface area contributed by atoms with Crippen LogP contribution in [0.5, 0.6) is 0 Å². The number of hydrogen-bond acceptors (Lipinski definition) is 4. The molecule has 1 atom stereocenters. The molecule has 1 N–H and O–H groups in total. The summed E-state index contributed by atoms with van der Waals surface area (Å²) in [6.45, 7) is 0. The number of hydrogen-bond donors (Lipinski definition) is 1. The molecule has 19 heavy (non-hydrogen) atoms. The van der Waals surface area contributed by atoms with Gasteiger partial charge in [0.2, 0.25) is 11.7 Å². The van der Waals surface area contributed by atoms with Gasteiger partial charge in [-0.3, -0.25) is 0 Å². The van der Waals surface area contributed by atoms with Crippen molar-refractivity contribution < 1.29 is 14.0 Å². The zero-order valence-corrected chi connectivity index (χ0v) is 10.8. The molecule has 1 saturated carbocycles. The standard InChI is InChI=1S/C13H12ClFN2O2/c14-9-5-8(3-4-10(9)15)13-16-12(19-17-13)6-11(18)7-1-2-7/h3-5,7,11,18H,1-2,6H2. The predicted molar refractivity (Wildman–Crippen MR) is 67.1 cm³/mol. The van der Waals surface area contributed by atoms with Gasteiger partial charge in [-0.2, -0.15) is 4.98 Å².